The summed E-state index contributed by atoms with van der Waals surface area (Å²) < 4.78 is 14.0. The summed E-state index contributed by atoms with van der Waals surface area (Å²) in [5.74, 6) is -0.602. The van der Waals surface area contributed by atoms with Gasteiger partial charge >= 0.3 is 0 Å². The fourth-order valence-electron chi connectivity index (χ4n) is 1.22. The number of hydrogen-bond donors (Lipinski definition) is 1. The fourth-order valence-corrected chi connectivity index (χ4v) is 1.58. The molecule has 0 saturated carbocycles. The number of hydrogen-bond acceptors (Lipinski definition) is 2. The van der Waals surface area contributed by atoms with Crippen LogP contribution in [-0.4, -0.2) is 12.3 Å². The molecule has 2 N–H and O–H groups in total. The van der Waals surface area contributed by atoms with Crippen LogP contribution in [0.2, 0.25) is 0 Å². The molecule has 0 fully saturated rings. The van der Waals surface area contributed by atoms with Gasteiger partial charge in [-0.05, 0) is 30.7 Å². The van der Waals surface area contributed by atoms with E-state index in [0.717, 1.165) is 0 Å². The van der Waals surface area contributed by atoms with Gasteiger partial charge in [0.05, 0.1) is 5.56 Å². The van der Waals surface area contributed by atoms with Gasteiger partial charge in [-0.3, -0.25) is 4.79 Å². The minimum Gasteiger partial charge on any atom is -0.330 e. The van der Waals surface area contributed by atoms with Crippen LogP contribution in [0.3, 0.4) is 0 Å². The Morgan fingerprint density at radius 1 is 1.60 bits per heavy atom. The van der Waals surface area contributed by atoms with Crippen LogP contribution in [0, 0.1) is 11.7 Å². The standard InChI is InChI=1S/C11H13BrFNO/c1-7(6-14)4-11(15)9-5-8(12)2-3-10(9)13/h2-3,5,7H,4,6,14H2,1H3. The van der Waals surface area contributed by atoms with E-state index in [-0.39, 0.29) is 23.7 Å². The van der Waals surface area contributed by atoms with Crippen molar-refractivity contribution in [3.8, 4) is 0 Å². The minimum absolute atomic E-state index is 0.0795. The van der Waals surface area contributed by atoms with E-state index in [9.17, 15) is 9.18 Å². The second kappa shape index (κ2) is 5.37. The van der Waals surface area contributed by atoms with E-state index in [0.29, 0.717) is 11.0 Å². The molecule has 2 nitrogen and oxygen atoms in total. The van der Waals surface area contributed by atoms with Gasteiger partial charge in [0, 0.05) is 10.9 Å². The normalized spacial score (nSPS) is 12.5. The van der Waals surface area contributed by atoms with Crippen LogP contribution in [0.15, 0.2) is 22.7 Å². The quantitative estimate of drug-likeness (QED) is 0.858. The molecule has 1 aromatic rings. The molecular weight excluding hydrogens is 261 g/mol. The maximum absolute atomic E-state index is 13.3. The van der Waals surface area contributed by atoms with Crippen LogP contribution in [-0.2, 0) is 0 Å². The summed E-state index contributed by atoms with van der Waals surface area (Å²) >= 11 is 3.20. The molecule has 1 aromatic carbocycles. The maximum atomic E-state index is 13.3. The second-order valence-corrected chi connectivity index (χ2v) is 4.51. The van der Waals surface area contributed by atoms with Crippen LogP contribution in [0.1, 0.15) is 23.7 Å². The van der Waals surface area contributed by atoms with Crippen molar-refractivity contribution in [1.82, 2.24) is 0 Å². The van der Waals surface area contributed by atoms with Crippen LogP contribution in [0.25, 0.3) is 0 Å². The molecule has 0 spiro atoms. The minimum atomic E-state index is -0.479. The van der Waals surface area contributed by atoms with Crippen molar-refractivity contribution in [3.63, 3.8) is 0 Å². The molecule has 4 heteroatoms. The molecule has 0 radical (unpaired) electrons. The first kappa shape index (κ1) is 12.3. The van der Waals surface area contributed by atoms with Gasteiger partial charge in [-0.1, -0.05) is 22.9 Å². The molecule has 1 unspecified atom stereocenters. The first-order valence-corrected chi connectivity index (χ1v) is 5.52. The predicted molar refractivity (Wildman–Crippen MR) is 61.3 cm³/mol. The number of nitrogens with two attached hydrogens (primary N) is 1. The molecule has 0 saturated heterocycles. The van der Waals surface area contributed by atoms with E-state index in [2.05, 4.69) is 15.9 Å². The van der Waals surface area contributed by atoms with E-state index < -0.39 is 5.82 Å². The maximum Gasteiger partial charge on any atom is 0.166 e. The Morgan fingerprint density at radius 3 is 2.87 bits per heavy atom. The van der Waals surface area contributed by atoms with Crippen molar-refractivity contribution in [1.29, 1.82) is 0 Å². The number of ketones is 1. The smallest absolute Gasteiger partial charge is 0.166 e. The Labute approximate surface area is 96.8 Å². The molecule has 15 heavy (non-hydrogen) atoms. The lowest BCUT2D eigenvalue weighted by Gasteiger charge is -2.08. The number of benzene rings is 1. The van der Waals surface area contributed by atoms with Crippen molar-refractivity contribution >= 4 is 21.7 Å². The van der Waals surface area contributed by atoms with E-state index in [1.807, 2.05) is 6.92 Å². The fraction of sp³-hybridized carbons (Fsp3) is 0.364. The molecule has 0 aliphatic carbocycles. The third kappa shape index (κ3) is 3.39. The SMILES string of the molecule is CC(CN)CC(=O)c1cc(Br)ccc1F. The monoisotopic (exact) mass is 273 g/mol. The van der Waals surface area contributed by atoms with Gasteiger partial charge in [-0.2, -0.15) is 0 Å². The van der Waals surface area contributed by atoms with E-state index in [4.69, 9.17) is 5.73 Å². The van der Waals surface area contributed by atoms with E-state index in [1.54, 1.807) is 6.07 Å². The molecule has 82 valence electrons. The number of rotatable bonds is 4. The van der Waals surface area contributed by atoms with Crippen molar-refractivity contribution in [2.24, 2.45) is 11.7 Å². The van der Waals surface area contributed by atoms with Gasteiger partial charge in [0.2, 0.25) is 0 Å². The highest BCUT2D eigenvalue weighted by molar-refractivity contribution is 9.10. The lowest BCUT2D eigenvalue weighted by atomic mass is 10.00. The van der Waals surface area contributed by atoms with Crippen molar-refractivity contribution in [2.75, 3.05) is 6.54 Å². The second-order valence-electron chi connectivity index (χ2n) is 3.59. The van der Waals surface area contributed by atoms with Gasteiger partial charge in [-0.15, -0.1) is 0 Å². The zero-order chi connectivity index (χ0) is 11.4. The molecule has 0 amide bonds. The highest BCUT2D eigenvalue weighted by atomic mass is 79.9. The Bertz CT molecular complexity index is 368. The molecule has 1 rings (SSSR count). The summed E-state index contributed by atoms with van der Waals surface area (Å²) in [6.45, 7) is 2.30. The van der Waals surface area contributed by atoms with Crippen molar-refractivity contribution in [2.45, 2.75) is 13.3 Å². The largest absolute Gasteiger partial charge is 0.330 e. The molecular formula is C11H13BrFNO. The zero-order valence-corrected chi connectivity index (χ0v) is 10.1. The van der Waals surface area contributed by atoms with Crippen molar-refractivity contribution in [3.05, 3.63) is 34.1 Å². The van der Waals surface area contributed by atoms with E-state index in [1.165, 1.54) is 12.1 Å². The Hall–Kier alpha value is -0.740. The average molecular weight is 274 g/mol. The average Bonchev–Trinajstić information content (AvgIpc) is 2.21. The summed E-state index contributed by atoms with van der Waals surface area (Å²) in [6.07, 6.45) is 0.282. The summed E-state index contributed by atoms with van der Waals surface area (Å²) in [4.78, 5) is 11.7. The Morgan fingerprint density at radius 2 is 2.27 bits per heavy atom. The van der Waals surface area contributed by atoms with E-state index >= 15 is 0 Å². The van der Waals surface area contributed by atoms with Gasteiger partial charge in [0.1, 0.15) is 5.82 Å². The highest BCUT2D eigenvalue weighted by Crippen LogP contribution is 2.18. The molecule has 0 heterocycles. The molecule has 0 aliphatic heterocycles. The Kier molecular flexibility index (Phi) is 4.42. The third-order valence-corrected chi connectivity index (χ3v) is 2.66. The Balaban J connectivity index is 2.86. The van der Waals surface area contributed by atoms with Crippen LogP contribution >= 0.6 is 15.9 Å². The molecule has 0 aromatic heterocycles. The number of carbonyl (C=O) groups excluding carboxylic acids is 1. The first-order valence-electron chi connectivity index (χ1n) is 4.73. The summed E-state index contributed by atoms with van der Waals surface area (Å²) in [6, 6.07) is 4.35. The van der Waals surface area contributed by atoms with Crippen LogP contribution in [0.5, 0.6) is 0 Å². The van der Waals surface area contributed by atoms with Crippen LogP contribution < -0.4 is 5.73 Å². The van der Waals surface area contributed by atoms with Crippen LogP contribution in [0.4, 0.5) is 4.39 Å². The molecule has 1 atom stereocenters. The highest BCUT2D eigenvalue weighted by Gasteiger charge is 2.14. The van der Waals surface area contributed by atoms with Gasteiger partial charge in [0.15, 0.2) is 5.78 Å². The molecule has 0 bridgehead atoms. The van der Waals surface area contributed by atoms with Gasteiger partial charge in [0.25, 0.3) is 0 Å². The summed E-state index contributed by atoms with van der Waals surface area (Å²) in [5.41, 5.74) is 5.54. The number of carbonyl (C=O) groups is 1. The number of halogens is 2. The topological polar surface area (TPSA) is 43.1 Å². The molecule has 0 aliphatic rings. The lowest BCUT2D eigenvalue weighted by Crippen LogP contribution is -2.15. The van der Waals surface area contributed by atoms with Gasteiger partial charge < -0.3 is 5.73 Å². The number of Topliss-reactive ketones (excluding diaryl/α,β-unsaturated/α-hetero) is 1. The lowest BCUT2D eigenvalue weighted by molar-refractivity contribution is 0.0962. The van der Waals surface area contributed by atoms with Crippen molar-refractivity contribution < 1.29 is 9.18 Å². The third-order valence-electron chi connectivity index (χ3n) is 2.17. The summed E-state index contributed by atoms with van der Waals surface area (Å²) in [5, 5.41) is 0. The zero-order valence-electron chi connectivity index (χ0n) is 8.47. The predicted octanol–water partition coefficient (Wildman–Crippen LogP) is 2.76. The van der Waals surface area contributed by atoms with Gasteiger partial charge in [-0.25, -0.2) is 4.39 Å². The summed E-state index contributed by atoms with van der Waals surface area (Å²) in [7, 11) is 0. The first-order chi connectivity index (χ1) is 7.04.